The maximum Gasteiger partial charge on any atom is 0.356 e. The van der Waals surface area contributed by atoms with Gasteiger partial charge in [-0.05, 0) is 25.1 Å². The van der Waals surface area contributed by atoms with Crippen molar-refractivity contribution in [2.75, 3.05) is 13.6 Å². The highest BCUT2D eigenvalue weighted by molar-refractivity contribution is 5.86. The number of pyridine rings is 1. The van der Waals surface area contributed by atoms with Gasteiger partial charge in [0.2, 0.25) is 0 Å². The van der Waals surface area contributed by atoms with Crippen LogP contribution in [0.1, 0.15) is 30.0 Å². The zero-order valence-electron chi connectivity index (χ0n) is 11.5. The Morgan fingerprint density at radius 2 is 2.21 bits per heavy atom. The highest BCUT2D eigenvalue weighted by Gasteiger charge is 2.11. The van der Waals surface area contributed by atoms with Gasteiger partial charge in [-0.3, -0.25) is 0 Å². The Bertz CT molecular complexity index is 589. The molecule has 5 heteroatoms. The van der Waals surface area contributed by atoms with E-state index in [-0.39, 0.29) is 5.69 Å². The fourth-order valence-corrected chi connectivity index (χ4v) is 2.26. The van der Waals surface area contributed by atoms with Crippen molar-refractivity contribution in [3.05, 3.63) is 35.8 Å². The lowest BCUT2D eigenvalue weighted by Gasteiger charge is -2.19. The third kappa shape index (κ3) is 3.12. The number of aromatic carboxylic acids is 1. The summed E-state index contributed by atoms with van der Waals surface area (Å²) >= 11 is 0. The molecule has 0 aliphatic carbocycles. The molecular weight excluding hydrogens is 242 g/mol. The Kier molecular flexibility index (Phi) is 3.85. The van der Waals surface area contributed by atoms with Gasteiger partial charge in [0, 0.05) is 25.0 Å². The van der Waals surface area contributed by atoms with Crippen LogP contribution in [0.2, 0.25) is 0 Å². The number of hydrogen-bond acceptors (Lipinski definition) is 3. The van der Waals surface area contributed by atoms with Gasteiger partial charge in [-0.25, -0.2) is 9.78 Å². The van der Waals surface area contributed by atoms with Crippen molar-refractivity contribution >= 4 is 11.6 Å². The summed E-state index contributed by atoms with van der Waals surface area (Å²) in [6, 6.07) is 5.72. The molecule has 0 aliphatic heterocycles. The molecule has 0 aromatic carbocycles. The molecule has 2 rings (SSSR count). The number of imidazole rings is 1. The lowest BCUT2D eigenvalue weighted by atomic mass is 10.2. The average molecular weight is 261 g/mol. The molecule has 0 radical (unpaired) electrons. The van der Waals surface area contributed by atoms with Gasteiger partial charge < -0.3 is 14.4 Å². The zero-order chi connectivity index (χ0) is 14.0. The second-order valence-electron chi connectivity index (χ2n) is 5.27. The standard InChI is InChI=1S/C14H19N3O2/c1-10(2)7-16(3)8-11-5-4-6-13-15-12(14(18)19)9-17(11)13/h4-6,9-10H,7-8H2,1-3H3,(H,18,19). The van der Waals surface area contributed by atoms with Crippen LogP contribution in [0, 0.1) is 5.92 Å². The molecule has 19 heavy (non-hydrogen) atoms. The van der Waals surface area contributed by atoms with Crippen LogP contribution in [0.25, 0.3) is 5.65 Å². The Hall–Kier alpha value is -1.88. The quantitative estimate of drug-likeness (QED) is 0.895. The Labute approximate surface area is 112 Å². The van der Waals surface area contributed by atoms with E-state index in [1.165, 1.54) is 0 Å². The molecule has 2 aromatic heterocycles. The summed E-state index contributed by atoms with van der Waals surface area (Å²) in [5.74, 6) is -0.397. The lowest BCUT2D eigenvalue weighted by Crippen LogP contribution is -2.23. The second kappa shape index (κ2) is 5.40. The minimum atomic E-state index is -0.995. The number of carbonyl (C=O) groups is 1. The van der Waals surface area contributed by atoms with E-state index in [1.54, 1.807) is 6.20 Å². The SMILES string of the molecule is CC(C)CN(C)Cc1cccc2nc(C(=O)O)cn12. The highest BCUT2D eigenvalue weighted by atomic mass is 16.4. The van der Waals surface area contributed by atoms with Crippen LogP contribution in [0.4, 0.5) is 0 Å². The first kappa shape index (κ1) is 13.5. The molecule has 0 spiro atoms. The molecule has 0 amide bonds. The maximum atomic E-state index is 11.0. The highest BCUT2D eigenvalue weighted by Crippen LogP contribution is 2.11. The summed E-state index contributed by atoms with van der Waals surface area (Å²) in [4.78, 5) is 17.3. The van der Waals surface area contributed by atoms with Gasteiger partial charge in [-0.2, -0.15) is 0 Å². The van der Waals surface area contributed by atoms with Gasteiger partial charge in [-0.1, -0.05) is 19.9 Å². The Morgan fingerprint density at radius 3 is 2.84 bits per heavy atom. The molecule has 0 saturated heterocycles. The van der Waals surface area contributed by atoms with E-state index in [0.29, 0.717) is 11.6 Å². The van der Waals surface area contributed by atoms with Crippen molar-refractivity contribution in [2.45, 2.75) is 20.4 Å². The number of carboxylic acids is 1. The molecule has 5 nitrogen and oxygen atoms in total. The largest absolute Gasteiger partial charge is 0.476 e. The van der Waals surface area contributed by atoms with Crippen molar-refractivity contribution in [3.8, 4) is 0 Å². The van der Waals surface area contributed by atoms with Crippen molar-refractivity contribution in [1.82, 2.24) is 14.3 Å². The molecule has 0 atom stereocenters. The van der Waals surface area contributed by atoms with E-state index in [1.807, 2.05) is 22.6 Å². The topological polar surface area (TPSA) is 57.8 Å². The summed E-state index contributed by atoms with van der Waals surface area (Å²) in [5.41, 5.74) is 1.80. The summed E-state index contributed by atoms with van der Waals surface area (Å²) in [6.45, 7) is 6.12. The van der Waals surface area contributed by atoms with E-state index in [2.05, 4.69) is 30.8 Å². The monoisotopic (exact) mass is 261 g/mol. The van der Waals surface area contributed by atoms with Gasteiger partial charge in [0.1, 0.15) is 5.65 Å². The van der Waals surface area contributed by atoms with E-state index < -0.39 is 5.97 Å². The summed E-state index contributed by atoms with van der Waals surface area (Å²) in [6.07, 6.45) is 1.58. The first-order valence-corrected chi connectivity index (χ1v) is 6.36. The van der Waals surface area contributed by atoms with Crippen LogP contribution in [-0.2, 0) is 6.54 Å². The Morgan fingerprint density at radius 1 is 1.47 bits per heavy atom. The van der Waals surface area contributed by atoms with Crippen molar-refractivity contribution < 1.29 is 9.90 Å². The number of nitrogens with zero attached hydrogens (tertiary/aromatic N) is 3. The molecule has 2 heterocycles. The number of hydrogen-bond donors (Lipinski definition) is 1. The molecule has 0 bridgehead atoms. The van der Waals surface area contributed by atoms with Gasteiger partial charge in [0.15, 0.2) is 5.69 Å². The molecule has 102 valence electrons. The first-order valence-electron chi connectivity index (χ1n) is 6.36. The molecule has 0 aliphatic rings. The van der Waals surface area contributed by atoms with Gasteiger partial charge in [0.25, 0.3) is 0 Å². The van der Waals surface area contributed by atoms with Gasteiger partial charge >= 0.3 is 5.97 Å². The van der Waals surface area contributed by atoms with E-state index in [4.69, 9.17) is 5.11 Å². The van der Waals surface area contributed by atoms with Crippen LogP contribution in [0.5, 0.6) is 0 Å². The second-order valence-corrected chi connectivity index (χ2v) is 5.27. The van der Waals surface area contributed by atoms with E-state index >= 15 is 0 Å². The summed E-state index contributed by atoms with van der Waals surface area (Å²) in [5, 5.41) is 8.99. The third-order valence-electron chi connectivity index (χ3n) is 2.90. The normalized spacial score (nSPS) is 11.6. The lowest BCUT2D eigenvalue weighted by molar-refractivity contribution is 0.0691. The summed E-state index contributed by atoms with van der Waals surface area (Å²) in [7, 11) is 2.06. The molecule has 2 aromatic rings. The fourth-order valence-electron chi connectivity index (χ4n) is 2.26. The fraction of sp³-hybridized carbons (Fsp3) is 0.429. The number of fused-ring (bicyclic) bond motifs is 1. The summed E-state index contributed by atoms with van der Waals surface area (Å²) < 4.78 is 1.85. The van der Waals surface area contributed by atoms with Gasteiger partial charge in [-0.15, -0.1) is 0 Å². The predicted octanol–water partition coefficient (Wildman–Crippen LogP) is 2.12. The van der Waals surface area contributed by atoms with E-state index in [9.17, 15) is 4.79 Å². The predicted molar refractivity (Wildman–Crippen MR) is 73.3 cm³/mol. The van der Waals surface area contributed by atoms with E-state index in [0.717, 1.165) is 18.8 Å². The van der Waals surface area contributed by atoms with Crippen LogP contribution >= 0.6 is 0 Å². The van der Waals surface area contributed by atoms with Crippen LogP contribution in [-0.4, -0.2) is 39.0 Å². The first-order chi connectivity index (χ1) is 8.97. The molecule has 0 unspecified atom stereocenters. The smallest absolute Gasteiger partial charge is 0.356 e. The molecule has 1 N–H and O–H groups in total. The zero-order valence-corrected chi connectivity index (χ0v) is 11.5. The maximum absolute atomic E-state index is 11.0. The number of carboxylic acid groups (broad SMARTS) is 1. The number of aromatic nitrogens is 2. The van der Waals surface area contributed by atoms with Crippen molar-refractivity contribution in [3.63, 3.8) is 0 Å². The van der Waals surface area contributed by atoms with Crippen LogP contribution in [0.3, 0.4) is 0 Å². The van der Waals surface area contributed by atoms with Crippen molar-refractivity contribution in [1.29, 1.82) is 0 Å². The van der Waals surface area contributed by atoms with Gasteiger partial charge in [0.05, 0.1) is 0 Å². The molecular formula is C14H19N3O2. The van der Waals surface area contributed by atoms with Crippen molar-refractivity contribution in [2.24, 2.45) is 5.92 Å². The number of rotatable bonds is 5. The Balaban J connectivity index is 2.30. The van der Waals surface area contributed by atoms with Crippen LogP contribution in [0.15, 0.2) is 24.4 Å². The third-order valence-corrected chi connectivity index (χ3v) is 2.90. The molecule has 0 fully saturated rings. The minimum absolute atomic E-state index is 0.0824. The van der Waals surface area contributed by atoms with Crippen LogP contribution < -0.4 is 0 Å². The average Bonchev–Trinajstić information content (AvgIpc) is 2.72. The minimum Gasteiger partial charge on any atom is -0.476 e. The molecule has 0 saturated carbocycles.